The number of benzene rings is 2. The predicted octanol–water partition coefficient (Wildman–Crippen LogP) is 1.07. The maximum atomic E-state index is 11.7. The largest absolute Gasteiger partial charge is 1.00 e. The molecule has 0 aromatic heterocycles. The van der Waals surface area contributed by atoms with Crippen LogP contribution in [0.1, 0.15) is 63.1 Å². The van der Waals surface area contributed by atoms with Crippen LogP contribution in [-0.2, 0) is 11.2 Å². The standard InChI is InChI=1S/C22H28O3.Na/c1-15(2)18-8-6-17(7-9-18)14-22(5,21(23)24)25-20-12-10-19(11-13-20)16(3)4;/h6-13,15-16H,14H2,1-5H3,(H,23,24);/q;+1/p-1. The zero-order chi connectivity index (χ0) is 18.6. The molecule has 4 heteroatoms. The van der Waals surface area contributed by atoms with Crippen molar-refractivity contribution in [3.05, 3.63) is 65.2 Å². The summed E-state index contributed by atoms with van der Waals surface area (Å²) >= 11 is 0. The fraction of sp³-hybridized carbons (Fsp3) is 0.409. The molecule has 0 aliphatic rings. The Labute approximate surface area is 179 Å². The van der Waals surface area contributed by atoms with Crippen molar-refractivity contribution in [1.29, 1.82) is 0 Å². The maximum Gasteiger partial charge on any atom is 1.00 e. The van der Waals surface area contributed by atoms with E-state index in [0.29, 0.717) is 17.6 Å². The molecule has 0 radical (unpaired) electrons. The number of carbonyl (C=O) groups excluding carboxylic acids is 1. The number of carboxylic acid groups (broad SMARTS) is 1. The first kappa shape index (κ1) is 22.8. The Balaban J connectivity index is 0.00000338. The zero-order valence-corrected chi connectivity index (χ0v) is 18.7. The topological polar surface area (TPSA) is 49.4 Å². The molecule has 2 aromatic carbocycles. The van der Waals surface area contributed by atoms with E-state index in [1.807, 2.05) is 48.5 Å². The SMILES string of the molecule is CC(C)c1ccc(CC(C)(Oc2ccc(C(C)C)cc2)C(=O)[O-])cc1.[Na+]. The Morgan fingerprint density at radius 2 is 1.35 bits per heavy atom. The molecule has 0 N–H and O–H groups in total. The molecule has 0 spiro atoms. The van der Waals surface area contributed by atoms with Gasteiger partial charge >= 0.3 is 29.6 Å². The van der Waals surface area contributed by atoms with Gasteiger partial charge in [-0.2, -0.15) is 0 Å². The predicted molar refractivity (Wildman–Crippen MR) is 98.8 cm³/mol. The summed E-state index contributed by atoms with van der Waals surface area (Å²) in [5.41, 5.74) is 1.91. The molecule has 0 saturated carbocycles. The van der Waals surface area contributed by atoms with E-state index in [4.69, 9.17) is 4.74 Å². The second kappa shape index (κ2) is 9.59. The maximum absolute atomic E-state index is 11.7. The first-order valence-electron chi connectivity index (χ1n) is 8.80. The smallest absolute Gasteiger partial charge is 0.546 e. The molecule has 0 bridgehead atoms. The second-order valence-corrected chi connectivity index (χ2v) is 7.42. The zero-order valence-electron chi connectivity index (χ0n) is 16.7. The van der Waals surface area contributed by atoms with Crippen molar-refractivity contribution in [2.24, 2.45) is 0 Å². The Kier molecular flexibility index (Phi) is 8.39. The average Bonchev–Trinajstić information content (AvgIpc) is 2.55. The van der Waals surface area contributed by atoms with E-state index < -0.39 is 11.6 Å². The van der Waals surface area contributed by atoms with Crippen LogP contribution >= 0.6 is 0 Å². The van der Waals surface area contributed by atoms with Gasteiger partial charge in [0.15, 0.2) is 0 Å². The second-order valence-electron chi connectivity index (χ2n) is 7.42. The van der Waals surface area contributed by atoms with Gasteiger partial charge in [-0.05, 0) is 47.6 Å². The number of hydrogen-bond donors (Lipinski definition) is 0. The molecule has 134 valence electrons. The van der Waals surface area contributed by atoms with E-state index in [2.05, 4.69) is 27.7 Å². The Hall–Kier alpha value is -1.29. The number of carboxylic acids is 1. The summed E-state index contributed by atoms with van der Waals surface area (Å²) in [4.78, 5) is 11.7. The Morgan fingerprint density at radius 3 is 1.73 bits per heavy atom. The van der Waals surface area contributed by atoms with Crippen LogP contribution in [-0.4, -0.2) is 11.6 Å². The minimum Gasteiger partial charge on any atom is -0.546 e. The van der Waals surface area contributed by atoms with Crippen LogP contribution in [0, 0.1) is 0 Å². The van der Waals surface area contributed by atoms with Crippen LogP contribution in [0.2, 0.25) is 0 Å². The number of rotatable bonds is 7. The summed E-state index contributed by atoms with van der Waals surface area (Å²) in [5, 5.41) is 11.7. The van der Waals surface area contributed by atoms with E-state index in [1.54, 1.807) is 6.92 Å². The third kappa shape index (κ3) is 5.87. The molecule has 0 aliphatic carbocycles. The van der Waals surface area contributed by atoms with Gasteiger partial charge in [0.05, 0.1) is 5.97 Å². The summed E-state index contributed by atoms with van der Waals surface area (Å²) in [6, 6.07) is 15.6. The molecule has 3 nitrogen and oxygen atoms in total. The van der Waals surface area contributed by atoms with Gasteiger partial charge in [-0.15, -0.1) is 0 Å². The van der Waals surface area contributed by atoms with Crippen molar-refractivity contribution < 1.29 is 44.2 Å². The van der Waals surface area contributed by atoms with E-state index >= 15 is 0 Å². The minimum absolute atomic E-state index is 0. The van der Waals surface area contributed by atoms with Gasteiger partial charge in [0.2, 0.25) is 0 Å². The van der Waals surface area contributed by atoms with Crippen molar-refractivity contribution >= 4 is 5.97 Å². The fourth-order valence-corrected chi connectivity index (χ4v) is 2.74. The average molecular weight is 362 g/mol. The first-order valence-corrected chi connectivity index (χ1v) is 8.80. The molecule has 0 aliphatic heterocycles. The van der Waals surface area contributed by atoms with Gasteiger partial charge in [-0.25, -0.2) is 0 Å². The molecule has 1 unspecified atom stereocenters. The van der Waals surface area contributed by atoms with Crippen molar-refractivity contribution in [3.8, 4) is 5.75 Å². The van der Waals surface area contributed by atoms with Crippen molar-refractivity contribution in [3.63, 3.8) is 0 Å². The number of carbonyl (C=O) groups is 1. The van der Waals surface area contributed by atoms with Gasteiger partial charge in [0.25, 0.3) is 0 Å². The quantitative estimate of drug-likeness (QED) is 0.693. The Bertz CT molecular complexity index is 650. The van der Waals surface area contributed by atoms with Gasteiger partial charge in [-0.3, -0.25) is 0 Å². The normalized spacial score (nSPS) is 13.2. The third-order valence-electron chi connectivity index (χ3n) is 4.51. The molecular formula is C22H27NaO3. The monoisotopic (exact) mass is 362 g/mol. The molecule has 2 aromatic rings. The molecule has 0 heterocycles. The van der Waals surface area contributed by atoms with E-state index in [0.717, 1.165) is 5.56 Å². The van der Waals surface area contributed by atoms with E-state index in [9.17, 15) is 9.90 Å². The van der Waals surface area contributed by atoms with Gasteiger partial charge < -0.3 is 14.6 Å². The molecule has 0 amide bonds. The molecule has 1 atom stereocenters. The summed E-state index contributed by atoms with van der Waals surface area (Å²) < 4.78 is 5.82. The van der Waals surface area contributed by atoms with Crippen LogP contribution < -0.4 is 39.4 Å². The number of hydrogen-bond acceptors (Lipinski definition) is 3. The van der Waals surface area contributed by atoms with E-state index in [1.165, 1.54) is 11.1 Å². The van der Waals surface area contributed by atoms with Gasteiger partial charge in [-0.1, -0.05) is 64.1 Å². The van der Waals surface area contributed by atoms with Gasteiger partial charge in [0.1, 0.15) is 11.4 Å². The summed E-state index contributed by atoms with van der Waals surface area (Å²) in [7, 11) is 0. The summed E-state index contributed by atoms with van der Waals surface area (Å²) in [5.74, 6) is 0.182. The minimum atomic E-state index is -1.42. The molecule has 26 heavy (non-hydrogen) atoms. The third-order valence-corrected chi connectivity index (χ3v) is 4.51. The van der Waals surface area contributed by atoms with Crippen molar-refractivity contribution in [1.82, 2.24) is 0 Å². The van der Waals surface area contributed by atoms with Crippen molar-refractivity contribution in [2.75, 3.05) is 0 Å². The summed E-state index contributed by atoms with van der Waals surface area (Å²) in [6.07, 6.45) is 0.250. The molecule has 0 saturated heterocycles. The van der Waals surface area contributed by atoms with Crippen LogP contribution in [0.5, 0.6) is 5.75 Å². The van der Waals surface area contributed by atoms with Crippen LogP contribution in [0.15, 0.2) is 48.5 Å². The molecule has 2 rings (SSSR count). The molecular weight excluding hydrogens is 335 g/mol. The fourth-order valence-electron chi connectivity index (χ4n) is 2.74. The van der Waals surface area contributed by atoms with Crippen LogP contribution in [0.25, 0.3) is 0 Å². The summed E-state index contributed by atoms with van der Waals surface area (Å²) in [6.45, 7) is 10.0. The van der Waals surface area contributed by atoms with Crippen molar-refractivity contribution in [2.45, 2.75) is 58.5 Å². The Morgan fingerprint density at radius 1 is 0.923 bits per heavy atom. The number of ether oxygens (including phenoxy) is 1. The first-order chi connectivity index (χ1) is 11.7. The van der Waals surface area contributed by atoms with Crippen LogP contribution in [0.4, 0.5) is 0 Å². The number of aliphatic carboxylic acids is 1. The molecule has 0 fully saturated rings. The van der Waals surface area contributed by atoms with Gasteiger partial charge in [0, 0.05) is 6.42 Å². The van der Waals surface area contributed by atoms with Crippen LogP contribution in [0.3, 0.4) is 0 Å². The van der Waals surface area contributed by atoms with E-state index in [-0.39, 0.29) is 36.0 Å².